The van der Waals surface area contributed by atoms with Crippen molar-refractivity contribution in [3.63, 3.8) is 0 Å². The van der Waals surface area contributed by atoms with E-state index >= 15 is 0 Å². The molecule has 1 aliphatic rings. The average Bonchev–Trinajstić information content (AvgIpc) is 3.29. The number of ether oxygens (including phenoxy) is 1. The highest BCUT2D eigenvalue weighted by Gasteiger charge is 2.46. The molecule has 1 aromatic carbocycles. The second-order valence-electron chi connectivity index (χ2n) is 7.67. The number of aliphatic hydroxyl groups is 1. The Labute approximate surface area is 187 Å². The predicted octanol–water partition coefficient (Wildman–Crippen LogP) is 4.14. The number of hydrogen-bond donors (Lipinski definition) is 1. The normalized spacial score (nSPS) is 18.3. The van der Waals surface area contributed by atoms with E-state index in [4.69, 9.17) is 4.74 Å². The number of methoxy groups -OCH3 is 1. The Morgan fingerprint density at radius 1 is 1.16 bits per heavy atom. The quantitative estimate of drug-likeness (QED) is 0.378. The van der Waals surface area contributed by atoms with Gasteiger partial charge in [0.05, 0.1) is 18.7 Å². The second kappa shape index (κ2) is 9.66. The number of rotatable bonds is 8. The minimum atomic E-state index is -0.636. The van der Waals surface area contributed by atoms with Crippen LogP contribution in [0.25, 0.3) is 5.76 Å². The van der Waals surface area contributed by atoms with Crippen molar-refractivity contribution in [2.45, 2.75) is 33.7 Å². The molecule has 1 atom stereocenters. The molecule has 2 heterocycles. The van der Waals surface area contributed by atoms with Crippen LogP contribution in [0.15, 0.2) is 35.2 Å². The first-order valence-electron chi connectivity index (χ1n) is 10.5. The first kappa shape index (κ1) is 23.0. The number of aryl methyl sites for hydroxylation is 2. The van der Waals surface area contributed by atoms with Gasteiger partial charge in [-0.25, -0.2) is 0 Å². The van der Waals surface area contributed by atoms with Crippen molar-refractivity contribution < 1.29 is 19.4 Å². The Morgan fingerprint density at radius 3 is 2.42 bits per heavy atom. The van der Waals surface area contributed by atoms with E-state index < -0.39 is 17.7 Å². The van der Waals surface area contributed by atoms with Gasteiger partial charge >= 0.3 is 0 Å². The summed E-state index contributed by atoms with van der Waals surface area (Å²) in [4.78, 5) is 30.9. The number of nitrogens with zero attached hydrogens (tertiary/aromatic N) is 2. The largest absolute Gasteiger partial charge is 0.507 e. The monoisotopic (exact) mass is 442 g/mol. The van der Waals surface area contributed by atoms with E-state index in [0.29, 0.717) is 24.4 Å². The third-order valence-electron chi connectivity index (χ3n) is 5.91. The highest BCUT2D eigenvalue weighted by Crippen LogP contribution is 2.42. The average molecular weight is 443 g/mol. The van der Waals surface area contributed by atoms with Crippen molar-refractivity contribution in [3.8, 4) is 5.75 Å². The summed E-state index contributed by atoms with van der Waals surface area (Å²) in [6.45, 7) is 10.8. The molecule has 7 heteroatoms. The number of hydrogen-bond acceptors (Lipinski definition) is 6. The molecular weight excluding hydrogens is 412 g/mol. The van der Waals surface area contributed by atoms with Crippen LogP contribution in [-0.4, -0.2) is 59.9 Å². The van der Waals surface area contributed by atoms with E-state index in [9.17, 15) is 14.7 Å². The van der Waals surface area contributed by atoms with Crippen LogP contribution in [-0.2, 0) is 9.59 Å². The fourth-order valence-corrected chi connectivity index (χ4v) is 5.06. The van der Waals surface area contributed by atoms with E-state index in [1.54, 1.807) is 30.2 Å². The second-order valence-corrected chi connectivity index (χ2v) is 8.62. The van der Waals surface area contributed by atoms with Gasteiger partial charge in [-0.3, -0.25) is 9.59 Å². The molecule has 2 aromatic rings. The van der Waals surface area contributed by atoms with Crippen LogP contribution in [0.5, 0.6) is 5.75 Å². The first-order chi connectivity index (χ1) is 14.8. The van der Waals surface area contributed by atoms with E-state index in [2.05, 4.69) is 18.7 Å². The zero-order valence-corrected chi connectivity index (χ0v) is 19.6. The van der Waals surface area contributed by atoms with Gasteiger partial charge in [-0.2, -0.15) is 0 Å². The molecule has 3 rings (SSSR count). The van der Waals surface area contributed by atoms with Crippen LogP contribution in [0.3, 0.4) is 0 Å². The molecule has 1 amide bonds. The van der Waals surface area contributed by atoms with Crippen molar-refractivity contribution in [1.29, 1.82) is 0 Å². The molecule has 0 saturated carbocycles. The number of likely N-dealkylation sites (N-methyl/N-ethyl adjacent to an activating group) is 1. The van der Waals surface area contributed by atoms with E-state index in [-0.39, 0.29) is 11.3 Å². The highest BCUT2D eigenvalue weighted by molar-refractivity contribution is 7.10. The maximum absolute atomic E-state index is 13.1. The molecule has 0 aliphatic carbocycles. The third-order valence-corrected chi connectivity index (χ3v) is 6.98. The fourth-order valence-electron chi connectivity index (χ4n) is 4.02. The molecule has 1 unspecified atom stereocenters. The number of carbonyl (C=O) groups excluding carboxylic acids is 2. The number of carbonyl (C=O) groups is 2. The molecule has 0 spiro atoms. The van der Waals surface area contributed by atoms with E-state index in [1.165, 1.54) is 11.3 Å². The Morgan fingerprint density at radius 2 is 1.87 bits per heavy atom. The van der Waals surface area contributed by atoms with Gasteiger partial charge in [-0.15, -0.1) is 11.3 Å². The van der Waals surface area contributed by atoms with Gasteiger partial charge in [0.2, 0.25) is 0 Å². The summed E-state index contributed by atoms with van der Waals surface area (Å²) in [5, 5.41) is 13.1. The molecule has 1 saturated heterocycles. The Balaban J connectivity index is 2.10. The topological polar surface area (TPSA) is 70.1 Å². The van der Waals surface area contributed by atoms with Crippen molar-refractivity contribution >= 4 is 28.8 Å². The number of benzene rings is 1. The van der Waals surface area contributed by atoms with Gasteiger partial charge < -0.3 is 19.6 Å². The zero-order valence-electron chi connectivity index (χ0n) is 18.8. The summed E-state index contributed by atoms with van der Waals surface area (Å²) < 4.78 is 5.30. The van der Waals surface area contributed by atoms with Crippen molar-refractivity contribution in [2.75, 3.05) is 33.3 Å². The summed E-state index contributed by atoms with van der Waals surface area (Å²) in [6, 6.07) is 6.63. The summed E-state index contributed by atoms with van der Waals surface area (Å²) in [5.41, 5.74) is 2.49. The minimum absolute atomic E-state index is 0.146. The molecule has 166 valence electrons. The number of ketones is 1. The highest BCUT2D eigenvalue weighted by atomic mass is 32.1. The lowest BCUT2D eigenvalue weighted by Crippen LogP contribution is -2.37. The Kier molecular flexibility index (Phi) is 7.18. The Hall–Kier alpha value is -2.64. The molecule has 0 radical (unpaired) electrons. The number of amides is 1. The van der Waals surface area contributed by atoms with E-state index in [1.807, 2.05) is 25.3 Å². The summed E-state index contributed by atoms with van der Waals surface area (Å²) in [5.74, 6) is -0.644. The maximum atomic E-state index is 13.1. The lowest BCUT2D eigenvalue weighted by atomic mass is 9.97. The van der Waals surface area contributed by atoms with Crippen molar-refractivity contribution in [2.24, 2.45) is 0 Å². The molecule has 6 nitrogen and oxygen atoms in total. The predicted molar refractivity (Wildman–Crippen MR) is 124 cm³/mol. The van der Waals surface area contributed by atoms with Crippen LogP contribution < -0.4 is 4.74 Å². The van der Waals surface area contributed by atoms with Crippen LogP contribution in [0.4, 0.5) is 0 Å². The van der Waals surface area contributed by atoms with Gasteiger partial charge in [-0.05, 0) is 67.7 Å². The molecule has 1 fully saturated rings. The zero-order chi connectivity index (χ0) is 22.7. The van der Waals surface area contributed by atoms with Gasteiger partial charge in [-0.1, -0.05) is 13.8 Å². The molecule has 1 aromatic heterocycles. The van der Waals surface area contributed by atoms with Gasteiger partial charge in [0.1, 0.15) is 11.5 Å². The summed E-state index contributed by atoms with van der Waals surface area (Å²) in [7, 11) is 1.59. The van der Waals surface area contributed by atoms with Gasteiger partial charge in [0.25, 0.3) is 11.7 Å². The first-order valence-corrected chi connectivity index (χ1v) is 11.4. The Bertz CT molecular complexity index is 1010. The van der Waals surface area contributed by atoms with Crippen molar-refractivity contribution in [1.82, 2.24) is 9.80 Å². The van der Waals surface area contributed by atoms with Crippen LogP contribution in [0, 0.1) is 13.8 Å². The smallest absolute Gasteiger partial charge is 0.295 e. The number of likely N-dealkylation sites (tertiary alicyclic amines) is 1. The standard InChI is InChI=1S/C24H30N2O4S/c1-6-25(7-2)11-12-26-20(23-15(3)10-13-31-23)19(22(28)24(26)29)21(27)17-8-9-18(30-5)16(4)14-17/h8-10,13-14,20,27H,6-7,11-12H2,1-5H3/b21-19-. The fraction of sp³-hybridized carbons (Fsp3) is 0.417. The van der Waals surface area contributed by atoms with Gasteiger partial charge in [0, 0.05) is 23.5 Å². The van der Waals surface area contributed by atoms with Crippen molar-refractivity contribution in [3.05, 3.63) is 56.8 Å². The molecule has 0 bridgehead atoms. The molecule has 31 heavy (non-hydrogen) atoms. The number of aliphatic hydroxyl groups excluding tert-OH is 1. The van der Waals surface area contributed by atoms with Crippen LogP contribution in [0.2, 0.25) is 0 Å². The molecular formula is C24H30N2O4S. The molecule has 1 N–H and O–H groups in total. The SMILES string of the molecule is CCN(CC)CCN1C(=O)C(=O)/C(=C(\O)c2ccc(OC)c(C)c2)C1c1sccc1C. The molecule has 1 aliphatic heterocycles. The maximum Gasteiger partial charge on any atom is 0.295 e. The number of thiophene rings is 1. The minimum Gasteiger partial charge on any atom is -0.507 e. The van der Waals surface area contributed by atoms with Crippen LogP contribution in [0.1, 0.15) is 41.5 Å². The lowest BCUT2D eigenvalue weighted by Gasteiger charge is -2.27. The van der Waals surface area contributed by atoms with E-state index in [0.717, 1.165) is 29.1 Å². The third kappa shape index (κ3) is 4.38. The summed E-state index contributed by atoms with van der Waals surface area (Å²) in [6.07, 6.45) is 0. The van der Waals surface area contributed by atoms with Gasteiger partial charge in [0.15, 0.2) is 0 Å². The van der Waals surface area contributed by atoms with Crippen LogP contribution >= 0.6 is 11.3 Å². The lowest BCUT2D eigenvalue weighted by molar-refractivity contribution is -0.140. The number of Topliss-reactive ketones (excluding diaryl/α,β-unsaturated/α-hetero) is 1. The summed E-state index contributed by atoms with van der Waals surface area (Å²) >= 11 is 1.50.